The number of carbonyl (C=O) groups is 1. The van der Waals surface area contributed by atoms with E-state index >= 15 is 0 Å². The highest BCUT2D eigenvalue weighted by molar-refractivity contribution is 7.99. The van der Waals surface area contributed by atoms with E-state index in [2.05, 4.69) is 34.1 Å². The summed E-state index contributed by atoms with van der Waals surface area (Å²) in [5.41, 5.74) is 1.94. The third-order valence-electron chi connectivity index (χ3n) is 5.46. The number of amides is 1. The summed E-state index contributed by atoms with van der Waals surface area (Å²) in [6.07, 6.45) is 0. The lowest BCUT2D eigenvalue weighted by atomic mass is 10.2. The van der Waals surface area contributed by atoms with Gasteiger partial charge in [-0.05, 0) is 11.6 Å². The standard InChI is InChI=1S/C22H26FN3OS/c23-20-9-5-4-8-19(20)22-26(14-15-28-22)21(27)17-25-12-10-24(11-13-25)16-18-6-2-1-3-7-18/h1-9,22H,10-17H2/t22-/m1/s1. The Morgan fingerprint density at radius 2 is 1.61 bits per heavy atom. The molecule has 2 aliphatic rings. The number of piperazine rings is 1. The molecule has 0 spiro atoms. The van der Waals surface area contributed by atoms with Crippen LogP contribution in [-0.4, -0.2) is 65.6 Å². The van der Waals surface area contributed by atoms with Gasteiger partial charge >= 0.3 is 0 Å². The quantitative estimate of drug-likeness (QED) is 0.771. The predicted molar refractivity (Wildman–Crippen MR) is 111 cm³/mol. The van der Waals surface area contributed by atoms with E-state index in [1.165, 1.54) is 11.6 Å². The smallest absolute Gasteiger partial charge is 0.237 e. The summed E-state index contributed by atoms with van der Waals surface area (Å²) < 4.78 is 14.2. The van der Waals surface area contributed by atoms with Crippen LogP contribution in [0, 0.1) is 5.82 Å². The van der Waals surface area contributed by atoms with Gasteiger partial charge in [-0.15, -0.1) is 11.8 Å². The normalized spacial score (nSPS) is 21.2. The molecule has 1 atom stereocenters. The van der Waals surface area contributed by atoms with Crippen molar-refractivity contribution < 1.29 is 9.18 Å². The SMILES string of the molecule is O=C(CN1CCN(Cc2ccccc2)CC1)N1CCS[C@@H]1c1ccccc1F. The predicted octanol–water partition coefficient (Wildman–Crippen LogP) is 3.22. The Bertz CT molecular complexity index is 795. The lowest BCUT2D eigenvalue weighted by molar-refractivity contribution is -0.133. The van der Waals surface area contributed by atoms with Crippen molar-refractivity contribution in [2.75, 3.05) is 45.0 Å². The Morgan fingerprint density at radius 1 is 0.929 bits per heavy atom. The van der Waals surface area contributed by atoms with E-state index in [9.17, 15) is 9.18 Å². The number of nitrogens with zero attached hydrogens (tertiary/aromatic N) is 3. The third kappa shape index (κ3) is 4.57. The van der Waals surface area contributed by atoms with Crippen molar-refractivity contribution in [2.24, 2.45) is 0 Å². The number of benzene rings is 2. The zero-order chi connectivity index (χ0) is 19.3. The highest BCUT2D eigenvalue weighted by Gasteiger charge is 2.33. The second-order valence-corrected chi connectivity index (χ2v) is 8.56. The van der Waals surface area contributed by atoms with Crippen molar-refractivity contribution in [2.45, 2.75) is 11.9 Å². The summed E-state index contributed by atoms with van der Waals surface area (Å²) in [6.45, 7) is 5.79. The van der Waals surface area contributed by atoms with E-state index in [1.54, 1.807) is 23.9 Å². The van der Waals surface area contributed by atoms with E-state index in [0.717, 1.165) is 38.5 Å². The van der Waals surface area contributed by atoms with Gasteiger partial charge in [-0.25, -0.2) is 4.39 Å². The monoisotopic (exact) mass is 399 g/mol. The van der Waals surface area contributed by atoms with Gasteiger partial charge in [0, 0.05) is 50.6 Å². The van der Waals surface area contributed by atoms with Gasteiger partial charge in [-0.1, -0.05) is 48.5 Å². The van der Waals surface area contributed by atoms with Crippen LogP contribution in [0.3, 0.4) is 0 Å². The molecule has 28 heavy (non-hydrogen) atoms. The first-order valence-electron chi connectivity index (χ1n) is 9.85. The van der Waals surface area contributed by atoms with Crippen LogP contribution in [0.25, 0.3) is 0 Å². The summed E-state index contributed by atoms with van der Waals surface area (Å²) in [5.74, 6) is 0.735. The second-order valence-electron chi connectivity index (χ2n) is 7.37. The molecule has 4 nitrogen and oxygen atoms in total. The molecule has 0 saturated carbocycles. The molecule has 6 heteroatoms. The van der Waals surface area contributed by atoms with Crippen LogP contribution in [0.2, 0.25) is 0 Å². The van der Waals surface area contributed by atoms with Gasteiger partial charge in [-0.2, -0.15) is 0 Å². The molecule has 0 aromatic heterocycles. The maximum absolute atomic E-state index is 14.2. The first-order chi connectivity index (χ1) is 13.7. The van der Waals surface area contributed by atoms with Crippen molar-refractivity contribution in [1.29, 1.82) is 0 Å². The molecule has 0 unspecified atom stereocenters. The molecule has 0 N–H and O–H groups in total. The minimum absolute atomic E-state index is 0.106. The average Bonchev–Trinajstić information content (AvgIpc) is 3.20. The fourth-order valence-electron chi connectivity index (χ4n) is 3.89. The molecular weight excluding hydrogens is 373 g/mol. The molecule has 2 fully saturated rings. The van der Waals surface area contributed by atoms with E-state index in [-0.39, 0.29) is 17.1 Å². The van der Waals surface area contributed by atoms with Crippen LogP contribution in [0.1, 0.15) is 16.5 Å². The largest absolute Gasteiger partial charge is 0.325 e. The third-order valence-corrected chi connectivity index (χ3v) is 6.70. The number of hydrogen-bond donors (Lipinski definition) is 0. The fraction of sp³-hybridized carbons (Fsp3) is 0.409. The lowest BCUT2D eigenvalue weighted by Gasteiger charge is -2.35. The van der Waals surface area contributed by atoms with E-state index in [0.29, 0.717) is 18.7 Å². The average molecular weight is 400 g/mol. The molecule has 0 aliphatic carbocycles. The minimum atomic E-state index is -0.228. The van der Waals surface area contributed by atoms with Crippen LogP contribution >= 0.6 is 11.8 Å². The molecule has 0 bridgehead atoms. The highest BCUT2D eigenvalue weighted by Crippen LogP contribution is 2.38. The van der Waals surface area contributed by atoms with Gasteiger partial charge in [-0.3, -0.25) is 14.6 Å². The van der Waals surface area contributed by atoms with Crippen molar-refractivity contribution in [1.82, 2.24) is 14.7 Å². The zero-order valence-electron chi connectivity index (χ0n) is 16.0. The van der Waals surface area contributed by atoms with Gasteiger partial charge < -0.3 is 4.90 Å². The van der Waals surface area contributed by atoms with Crippen molar-refractivity contribution in [3.63, 3.8) is 0 Å². The molecule has 2 saturated heterocycles. The highest BCUT2D eigenvalue weighted by atomic mass is 32.2. The van der Waals surface area contributed by atoms with Crippen LogP contribution in [0.15, 0.2) is 54.6 Å². The Balaban J connectivity index is 1.30. The Labute approximate surface area is 170 Å². The molecule has 1 amide bonds. The maximum Gasteiger partial charge on any atom is 0.237 e. The number of halogens is 1. The number of thioether (sulfide) groups is 1. The summed E-state index contributed by atoms with van der Waals surface area (Å²) in [7, 11) is 0. The number of hydrogen-bond acceptors (Lipinski definition) is 4. The molecule has 2 aromatic carbocycles. The number of rotatable bonds is 5. The van der Waals surface area contributed by atoms with Gasteiger partial charge in [0.05, 0.1) is 6.54 Å². The van der Waals surface area contributed by atoms with E-state index < -0.39 is 0 Å². The van der Waals surface area contributed by atoms with Crippen molar-refractivity contribution in [3.8, 4) is 0 Å². The minimum Gasteiger partial charge on any atom is -0.325 e. The van der Waals surface area contributed by atoms with Gasteiger partial charge in [0.1, 0.15) is 11.2 Å². The first kappa shape index (κ1) is 19.4. The molecule has 2 heterocycles. The van der Waals surface area contributed by atoms with Gasteiger partial charge in [0.2, 0.25) is 5.91 Å². The molecule has 148 valence electrons. The van der Waals surface area contributed by atoms with Crippen LogP contribution in [-0.2, 0) is 11.3 Å². The van der Waals surface area contributed by atoms with Gasteiger partial charge in [0.25, 0.3) is 0 Å². The topological polar surface area (TPSA) is 26.8 Å². The van der Waals surface area contributed by atoms with Crippen molar-refractivity contribution in [3.05, 3.63) is 71.5 Å². The molecule has 4 rings (SSSR count). The summed E-state index contributed by atoms with van der Waals surface area (Å²) in [4.78, 5) is 19.4. The lowest BCUT2D eigenvalue weighted by Crippen LogP contribution is -2.49. The van der Waals surface area contributed by atoms with Crippen LogP contribution in [0.4, 0.5) is 4.39 Å². The van der Waals surface area contributed by atoms with Gasteiger partial charge in [0.15, 0.2) is 0 Å². The maximum atomic E-state index is 14.2. The molecule has 2 aliphatic heterocycles. The summed E-state index contributed by atoms with van der Waals surface area (Å²) >= 11 is 1.65. The van der Waals surface area contributed by atoms with Crippen molar-refractivity contribution >= 4 is 17.7 Å². The molecule has 0 radical (unpaired) electrons. The van der Waals surface area contributed by atoms with Crippen LogP contribution in [0.5, 0.6) is 0 Å². The fourth-order valence-corrected chi connectivity index (χ4v) is 5.19. The Morgan fingerprint density at radius 3 is 2.36 bits per heavy atom. The molecular formula is C22H26FN3OS. The first-order valence-corrected chi connectivity index (χ1v) is 10.9. The van der Waals surface area contributed by atoms with Crippen LogP contribution < -0.4 is 0 Å². The second kappa shape index (κ2) is 9.07. The summed E-state index contributed by atoms with van der Waals surface area (Å²) in [6, 6.07) is 17.3. The van der Waals surface area contributed by atoms with E-state index in [4.69, 9.17) is 0 Å². The number of carbonyl (C=O) groups excluding carboxylic acids is 1. The Kier molecular flexibility index (Phi) is 6.29. The zero-order valence-corrected chi connectivity index (χ0v) is 16.8. The molecule has 2 aromatic rings. The van der Waals surface area contributed by atoms with E-state index in [1.807, 2.05) is 17.0 Å². The Hall–Kier alpha value is -1.89. The summed E-state index contributed by atoms with van der Waals surface area (Å²) in [5, 5.41) is -0.201.